The molecule has 0 saturated carbocycles. The predicted octanol–water partition coefficient (Wildman–Crippen LogP) is 2.77. The van der Waals surface area contributed by atoms with Crippen LogP contribution < -0.4 is 15.8 Å². The van der Waals surface area contributed by atoms with Crippen LogP contribution in [0.1, 0.15) is 29.6 Å². The SMILES string of the molecule is NC(=S)CCCCNC(=O)c1ccc(OC(F)(F)F)cc1. The lowest BCUT2D eigenvalue weighted by atomic mass is 10.2. The summed E-state index contributed by atoms with van der Waals surface area (Å²) in [7, 11) is 0. The Balaban J connectivity index is 2.39. The number of rotatable bonds is 7. The fourth-order valence-electron chi connectivity index (χ4n) is 1.54. The molecule has 0 spiro atoms. The van der Waals surface area contributed by atoms with Gasteiger partial charge in [0, 0.05) is 12.1 Å². The Bertz CT molecular complexity index is 489. The van der Waals surface area contributed by atoms with Crippen LogP contribution in [-0.4, -0.2) is 23.8 Å². The van der Waals surface area contributed by atoms with Crippen molar-refractivity contribution >= 4 is 23.1 Å². The minimum Gasteiger partial charge on any atom is -0.406 e. The lowest BCUT2D eigenvalue weighted by Gasteiger charge is -2.09. The molecule has 4 nitrogen and oxygen atoms in total. The van der Waals surface area contributed by atoms with Crippen molar-refractivity contribution in [2.75, 3.05) is 6.54 Å². The van der Waals surface area contributed by atoms with E-state index in [1.165, 1.54) is 12.1 Å². The maximum Gasteiger partial charge on any atom is 0.573 e. The molecular formula is C13H15F3N2O2S. The number of halogens is 3. The van der Waals surface area contributed by atoms with Crippen molar-refractivity contribution in [2.24, 2.45) is 5.73 Å². The van der Waals surface area contributed by atoms with E-state index in [1.807, 2.05) is 0 Å². The van der Waals surface area contributed by atoms with Crippen LogP contribution in [0.2, 0.25) is 0 Å². The van der Waals surface area contributed by atoms with E-state index in [0.29, 0.717) is 18.0 Å². The van der Waals surface area contributed by atoms with Gasteiger partial charge in [0.2, 0.25) is 0 Å². The first kappa shape index (κ1) is 17.2. The topological polar surface area (TPSA) is 64.3 Å². The molecule has 0 aromatic heterocycles. The molecule has 8 heteroatoms. The Labute approximate surface area is 125 Å². The number of nitrogens with two attached hydrogens (primary N) is 1. The number of carbonyl (C=O) groups is 1. The quantitative estimate of drug-likeness (QED) is 0.599. The number of amides is 1. The van der Waals surface area contributed by atoms with E-state index in [4.69, 9.17) is 18.0 Å². The second-order valence-electron chi connectivity index (χ2n) is 4.25. The van der Waals surface area contributed by atoms with Gasteiger partial charge in [0.1, 0.15) is 5.75 Å². The molecule has 0 fully saturated rings. The van der Waals surface area contributed by atoms with Crippen molar-refractivity contribution in [3.05, 3.63) is 29.8 Å². The van der Waals surface area contributed by atoms with Gasteiger partial charge in [0.05, 0.1) is 4.99 Å². The highest BCUT2D eigenvalue weighted by atomic mass is 32.1. The van der Waals surface area contributed by atoms with Crippen molar-refractivity contribution in [3.63, 3.8) is 0 Å². The summed E-state index contributed by atoms with van der Waals surface area (Å²) in [5, 5.41) is 2.65. The largest absolute Gasteiger partial charge is 0.573 e. The summed E-state index contributed by atoms with van der Waals surface area (Å²) in [6.07, 6.45) is -2.63. The van der Waals surface area contributed by atoms with Gasteiger partial charge in [-0.25, -0.2) is 0 Å². The van der Waals surface area contributed by atoms with Crippen LogP contribution >= 0.6 is 12.2 Å². The van der Waals surface area contributed by atoms with Crippen molar-refractivity contribution in [2.45, 2.75) is 25.6 Å². The van der Waals surface area contributed by atoms with Gasteiger partial charge in [-0.15, -0.1) is 13.2 Å². The van der Waals surface area contributed by atoms with Gasteiger partial charge in [0.15, 0.2) is 0 Å². The first-order chi connectivity index (χ1) is 9.78. The van der Waals surface area contributed by atoms with E-state index in [-0.39, 0.29) is 17.2 Å². The smallest absolute Gasteiger partial charge is 0.406 e. The Hall–Kier alpha value is -1.83. The van der Waals surface area contributed by atoms with Crippen LogP contribution in [0.3, 0.4) is 0 Å². The van der Waals surface area contributed by atoms with Crippen LogP contribution in [0, 0.1) is 0 Å². The van der Waals surface area contributed by atoms with Crippen LogP contribution in [0.15, 0.2) is 24.3 Å². The van der Waals surface area contributed by atoms with Gasteiger partial charge in [-0.3, -0.25) is 4.79 Å². The second kappa shape index (κ2) is 7.82. The van der Waals surface area contributed by atoms with Gasteiger partial charge in [-0.05, 0) is 43.5 Å². The number of hydrogen-bond donors (Lipinski definition) is 2. The van der Waals surface area contributed by atoms with Crippen LogP contribution in [0.4, 0.5) is 13.2 Å². The number of ether oxygens (including phenoxy) is 1. The zero-order valence-corrected chi connectivity index (χ0v) is 11.9. The number of nitrogens with one attached hydrogen (secondary N) is 1. The lowest BCUT2D eigenvalue weighted by molar-refractivity contribution is -0.274. The van der Waals surface area contributed by atoms with E-state index in [2.05, 4.69) is 10.1 Å². The molecule has 0 atom stereocenters. The Morgan fingerprint density at radius 2 is 1.86 bits per heavy atom. The first-order valence-electron chi connectivity index (χ1n) is 6.20. The first-order valence-corrected chi connectivity index (χ1v) is 6.61. The van der Waals surface area contributed by atoms with Gasteiger partial charge in [-0.2, -0.15) is 0 Å². The van der Waals surface area contributed by atoms with E-state index < -0.39 is 6.36 Å². The number of carbonyl (C=O) groups excluding carboxylic acids is 1. The standard InChI is InChI=1S/C13H15F3N2O2S/c14-13(15,16)20-10-6-4-9(5-7-10)12(19)18-8-2-1-3-11(17)21/h4-7H,1-3,8H2,(H2,17,21)(H,18,19). The average Bonchev–Trinajstić information content (AvgIpc) is 2.36. The Kier molecular flexibility index (Phi) is 6.41. The fraction of sp³-hybridized carbons (Fsp3) is 0.385. The van der Waals surface area contributed by atoms with E-state index in [9.17, 15) is 18.0 Å². The number of thiocarbonyl (C=S) groups is 1. The Morgan fingerprint density at radius 1 is 1.24 bits per heavy atom. The molecule has 0 saturated heterocycles. The highest BCUT2D eigenvalue weighted by Gasteiger charge is 2.31. The molecule has 0 aliphatic rings. The second-order valence-corrected chi connectivity index (χ2v) is 4.78. The molecule has 0 bridgehead atoms. The number of benzene rings is 1. The van der Waals surface area contributed by atoms with Gasteiger partial charge in [0.25, 0.3) is 5.91 Å². The molecule has 1 amide bonds. The fourth-order valence-corrected chi connectivity index (χ4v) is 1.68. The number of hydrogen-bond acceptors (Lipinski definition) is 3. The number of unbranched alkanes of at least 4 members (excludes halogenated alkanes) is 1. The molecule has 1 aromatic carbocycles. The molecule has 0 unspecified atom stereocenters. The van der Waals surface area contributed by atoms with Crippen LogP contribution in [0.25, 0.3) is 0 Å². The molecule has 3 N–H and O–H groups in total. The normalized spacial score (nSPS) is 11.0. The van der Waals surface area contributed by atoms with Gasteiger partial charge in [-0.1, -0.05) is 12.2 Å². The molecule has 21 heavy (non-hydrogen) atoms. The summed E-state index contributed by atoms with van der Waals surface area (Å²) in [6, 6.07) is 4.72. The number of alkyl halides is 3. The average molecular weight is 320 g/mol. The molecule has 0 aliphatic heterocycles. The highest BCUT2D eigenvalue weighted by Crippen LogP contribution is 2.22. The molecule has 116 valence electrons. The third kappa shape index (κ3) is 7.50. The maximum atomic E-state index is 12.0. The van der Waals surface area contributed by atoms with Gasteiger partial charge < -0.3 is 15.8 Å². The molecule has 0 aliphatic carbocycles. The highest BCUT2D eigenvalue weighted by molar-refractivity contribution is 7.80. The summed E-state index contributed by atoms with van der Waals surface area (Å²) in [5.41, 5.74) is 5.60. The minimum absolute atomic E-state index is 0.263. The van der Waals surface area contributed by atoms with Crippen molar-refractivity contribution in [1.29, 1.82) is 0 Å². The van der Waals surface area contributed by atoms with E-state index in [1.54, 1.807) is 0 Å². The lowest BCUT2D eigenvalue weighted by Crippen LogP contribution is -2.24. The molecular weight excluding hydrogens is 305 g/mol. The van der Waals surface area contributed by atoms with Crippen LogP contribution in [-0.2, 0) is 0 Å². The summed E-state index contributed by atoms with van der Waals surface area (Å²) in [5.74, 6) is -0.723. The van der Waals surface area contributed by atoms with Crippen molar-refractivity contribution < 1.29 is 22.7 Å². The molecule has 1 aromatic rings. The van der Waals surface area contributed by atoms with Crippen molar-refractivity contribution in [3.8, 4) is 5.75 Å². The third-order valence-electron chi connectivity index (χ3n) is 2.49. The Morgan fingerprint density at radius 3 is 2.38 bits per heavy atom. The third-order valence-corrected chi connectivity index (χ3v) is 2.69. The molecule has 0 radical (unpaired) electrons. The summed E-state index contributed by atoms with van der Waals surface area (Å²) >= 11 is 4.72. The summed E-state index contributed by atoms with van der Waals surface area (Å²) in [6.45, 7) is 0.447. The molecule has 1 rings (SSSR count). The van der Waals surface area contributed by atoms with E-state index >= 15 is 0 Å². The summed E-state index contributed by atoms with van der Waals surface area (Å²) < 4.78 is 39.6. The van der Waals surface area contributed by atoms with Crippen LogP contribution in [0.5, 0.6) is 5.75 Å². The summed E-state index contributed by atoms with van der Waals surface area (Å²) in [4.78, 5) is 12.1. The van der Waals surface area contributed by atoms with Crippen molar-refractivity contribution in [1.82, 2.24) is 5.32 Å². The predicted molar refractivity (Wildman–Crippen MR) is 76.1 cm³/mol. The zero-order valence-electron chi connectivity index (χ0n) is 11.1. The zero-order chi connectivity index (χ0) is 15.9. The monoisotopic (exact) mass is 320 g/mol. The maximum absolute atomic E-state index is 12.0. The minimum atomic E-state index is -4.74. The van der Waals surface area contributed by atoms with Gasteiger partial charge >= 0.3 is 6.36 Å². The van der Waals surface area contributed by atoms with E-state index in [0.717, 1.165) is 25.0 Å². The molecule has 0 heterocycles.